The van der Waals surface area contributed by atoms with Crippen LogP contribution in [0.5, 0.6) is 0 Å². The molecule has 1 aliphatic heterocycles. The molecule has 8 heteroatoms. The van der Waals surface area contributed by atoms with Crippen LogP contribution in [0.15, 0.2) is 120 Å². The molecule has 1 heterocycles. The fraction of sp³-hybridized carbons (Fsp3) is 0.226. The quantitative estimate of drug-likeness (QED) is 0.311. The highest BCUT2D eigenvalue weighted by atomic mass is 32.2. The Balaban J connectivity index is 1.57. The summed E-state index contributed by atoms with van der Waals surface area (Å²) in [6, 6.07) is 33.4. The Morgan fingerprint density at radius 3 is 1.82 bits per heavy atom. The zero-order valence-corrected chi connectivity index (χ0v) is 23.6. The molecule has 0 unspecified atom stereocenters. The number of aryl methyl sites for hydroxylation is 1. The molecule has 5 rings (SSSR count). The van der Waals surface area contributed by atoms with E-state index < -0.39 is 41.6 Å². The minimum Gasteiger partial charge on any atom is -0.388 e. The highest BCUT2D eigenvalue weighted by Crippen LogP contribution is 2.47. The van der Waals surface area contributed by atoms with E-state index in [0.717, 1.165) is 11.1 Å². The molecule has 1 aliphatic rings. The summed E-state index contributed by atoms with van der Waals surface area (Å²) >= 11 is 0. The van der Waals surface area contributed by atoms with Crippen molar-refractivity contribution in [1.29, 1.82) is 0 Å². The van der Waals surface area contributed by atoms with Gasteiger partial charge in [-0.1, -0.05) is 109 Å². The molecule has 0 saturated carbocycles. The number of aliphatic hydroxyl groups is 1. The van der Waals surface area contributed by atoms with Gasteiger partial charge in [-0.2, -0.15) is 4.31 Å². The molecule has 0 bridgehead atoms. The average Bonchev–Trinajstić information content (AvgIpc) is 3.32. The molecule has 1 N–H and O–H groups in total. The predicted molar refractivity (Wildman–Crippen MR) is 154 cm³/mol. The van der Waals surface area contributed by atoms with Crippen molar-refractivity contribution in [2.24, 2.45) is 0 Å². The first-order valence-electron chi connectivity index (χ1n) is 12.9. The third kappa shape index (κ3) is 5.38. The maximum atomic E-state index is 14.7. The van der Waals surface area contributed by atoms with Crippen molar-refractivity contribution in [1.82, 2.24) is 4.31 Å². The summed E-state index contributed by atoms with van der Waals surface area (Å²) in [7, 11) is -7.42. The highest BCUT2D eigenvalue weighted by Gasteiger charge is 2.51. The number of ether oxygens (including phenoxy) is 1. The van der Waals surface area contributed by atoms with Crippen molar-refractivity contribution in [3.8, 4) is 0 Å². The first kappa shape index (κ1) is 27.5. The predicted octanol–water partition coefficient (Wildman–Crippen LogP) is 4.85. The van der Waals surface area contributed by atoms with Gasteiger partial charge in [-0.15, -0.1) is 0 Å². The van der Waals surface area contributed by atoms with E-state index in [-0.39, 0.29) is 11.1 Å². The number of nitrogens with zero attached hydrogens (tertiary/aromatic N) is 1. The van der Waals surface area contributed by atoms with Crippen LogP contribution in [0.3, 0.4) is 0 Å². The van der Waals surface area contributed by atoms with Gasteiger partial charge in [0.25, 0.3) is 0 Å². The van der Waals surface area contributed by atoms with Gasteiger partial charge in [0.1, 0.15) is 19.3 Å². The van der Waals surface area contributed by atoms with Gasteiger partial charge in [-0.3, -0.25) is 0 Å². The second-order valence-corrected chi connectivity index (χ2v) is 14.6. The number of benzene rings is 4. The van der Waals surface area contributed by atoms with E-state index in [1.54, 1.807) is 55.5 Å². The van der Waals surface area contributed by atoms with Crippen molar-refractivity contribution >= 4 is 27.8 Å². The molecule has 4 aromatic carbocycles. The zero-order valence-electron chi connectivity index (χ0n) is 21.9. The first-order chi connectivity index (χ1) is 18.7. The molecule has 39 heavy (non-hydrogen) atoms. The van der Waals surface area contributed by atoms with Gasteiger partial charge in [0, 0.05) is 16.8 Å². The Hall–Kier alpha value is -3.06. The summed E-state index contributed by atoms with van der Waals surface area (Å²) in [6.07, 6.45) is -3.40. The van der Waals surface area contributed by atoms with Gasteiger partial charge in [-0.05, 0) is 31.5 Å². The van der Waals surface area contributed by atoms with Crippen LogP contribution in [0, 0.1) is 6.92 Å². The second kappa shape index (κ2) is 11.2. The van der Waals surface area contributed by atoms with E-state index in [1.807, 2.05) is 73.7 Å². The molecule has 0 spiro atoms. The molecule has 6 nitrogen and oxygen atoms in total. The van der Waals surface area contributed by atoms with Crippen molar-refractivity contribution < 1.29 is 22.8 Å². The smallest absolute Gasteiger partial charge is 0.245 e. The largest absolute Gasteiger partial charge is 0.388 e. The lowest BCUT2D eigenvalue weighted by Crippen LogP contribution is -2.48. The molecule has 0 aromatic heterocycles. The Labute approximate surface area is 230 Å². The third-order valence-corrected chi connectivity index (χ3v) is 12.3. The third-order valence-electron chi connectivity index (χ3n) is 7.22. The molecule has 0 amide bonds. The van der Waals surface area contributed by atoms with Crippen LogP contribution in [0.4, 0.5) is 0 Å². The van der Waals surface area contributed by atoms with Crippen LogP contribution < -0.4 is 10.6 Å². The van der Waals surface area contributed by atoms with Crippen molar-refractivity contribution in [2.45, 2.75) is 43.2 Å². The van der Waals surface area contributed by atoms with Crippen molar-refractivity contribution in [3.63, 3.8) is 0 Å². The Kier molecular flexibility index (Phi) is 7.90. The second-order valence-electron chi connectivity index (χ2n) is 9.91. The Bertz CT molecular complexity index is 1500. The lowest BCUT2D eigenvalue weighted by molar-refractivity contribution is -0.0532. The fourth-order valence-electron chi connectivity index (χ4n) is 5.19. The van der Waals surface area contributed by atoms with E-state index in [2.05, 4.69) is 0 Å². The van der Waals surface area contributed by atoms with Crippen LogP contribution in [0.25, 0.3) is 0 Å². The average molecular weight is 562 g/mol. The summed E-state index contributed by atoms with van der Waals surface area (Å²) in [4.78, 5) is 0.115. The number of hydrogen-bond donors (Lipinski definition) is 1. The van der Waals surface area contributed by atoms with Crippen molar-refractivity contribution in [3.05, 3.63) is 126 Å². The summed E-state index contributed by atoms with van der Waals surface area (Å²) < 4.78 is 50.3. The van der Waals surface area contributed by atoms with Gasteiger partial charge in [0.15, 0.2) is 6.23 Å². The summed E-state index contributed by atoms with van der Waals surface area (Å²) in [5.74, 6) is 0. The van der Waals surface area contributed by atoms with Gasteiger partial charge < -0.3 is 14.4 Å². The topological polar surface area (TPSA) is 83.9 Å². The number of hydrogen-bond acceptors (Lipinski definition) is 5. The standard InChI is InChI=1S/C31H32NO5PS/c1-23-18-20-28(21-19-23)39(35,36)32-24(2)30(25-12-6-3-7-13-25)37-31(32)29(33)22-38(34,26-14-8-4-9-15-26)27-16-10-5-11-17-27/h3-21,24,29-31,33H,22H2,1-2H3/t24-,29+,30-,31-/m0/s1. The minimum absolute atomic E-state index is 0.115. The lowest BCUT2D eigenvalue weighted by atomic mass is 10.0. The van der Waals surface area contributed by atoms with Gasteiger partial charge in [0.2, 0.25) is 10.0 Å². The van der Waals surface area contributed by atoms with Crippen LogP contribution in [0.2, 0.25) is 0 Å². The van der Waals surface area contributed by atoms with Gasteiger partial charge >= 0.3 is 0 Å². The number of aliphatic hydroxyl groups excluding tert-OH is 1. The maximum Gasteiger partial charge on any atom is 0.245 e. The Morgan fingerprint density at radius 1 is 0.821 bits per heavy atom. The van der Waals surface area contributed by atoms with E-state index in [9.17, 15) is 18.1 Å². The fourth-order valence-corrected chi connectivity index (χ4v) is 9.66. The lowest BCUT2D eigenvalue weighted by Gasteiger charge is -2.31. The molecule has 4 atom stereocenters. The van der Waals surface area contributed by atoms with E-state index in [1.165, 1.54) is 4.31 Å². The molecule has 4 aromatic rings. The highest BCUT2D eigenvalue weighted by molar-refractivity contribution is 7.89. The summed E-state index contributed by atoms with van der Waals surface area (Å²) in [5.41, 5.74) is 1.74. The summed E-state index contributed by atoms with van der Waals surface area (Å²) in [5, 5.41) is 12.9. The van der Waals surface area contributed by atoms with Crippen LogP contribution in [0.1, 0.15) is 24.2 Å². The van der Waals surface area contributed by atoms with E-state index in [0.29, 0.717) is 10.6 Å². The molecular formula is C31H32NO5PS. The van der Waals surface area contributed by atoms with Crippen LogP contribution >= 0.6 is 7.14 Å². The van der Waals surface area contributed by atoms with E-state index in [4.69, 9.17) is 4.74 Å². The summed E-state index contributed by atoms with van der Waals surface area (Å²) in [6.45, 7) is 3.67. The first-order valence-corrected chi connectivity index (χ1v) is 16.2. The van der Waals surface area contributed by atoms with Crippen molar-refractivity contribution in [2.75, 3.05) is 6.16 Å². The maximum absolute atomic E-state index is 14.7. The molecule has 1 fully saturated rings. The minimum atomic E-state index is -4.07. The van der Waals surface area contributed by atoms with E-state index >= 15 is 0 Å². The van der Waals surface area contributed by atoms with Gasteiger partial charge in [-0.25, -0.2) is 8.42 Å². The number of rotatable bonds is 8. The van der Waals surface area contributed by atoms with Gasteiger partial charge in [0.05, 0.1) is 10.9 Å². The molecule has 202 valence electrons. The normalized spacial score (nSPS) is 21.1. The monoisotopic (exact) mass is 561 g/mol. The molecule has 0 radical (unpaired) electrons. The Morgan fingerprint density at radius 2 is 1.31 bits per heavy atom. The molecule has 0 aliphatic carbocycles. The zero-order chi connectivity index (χ0) is 27.6. The van der Waals surface area contributed by atoms with Crippen LogP contribution in [-0.4, -0.2) is 42.4 Å². The SMILES string of the molecule is Cc1ccc(S(=O)(=O)N2[C@@H](C)[C@@H](c3ccccc3)O[C@H]2[C@H](O)CP(=O)(c2ccccc2)c2ccccc2)cc1. The molecular weight excluding hydrogens is 529 g/mol. The number of sulfonamides is 1. The van der Waals surface area contributed by atoms with Crippen LogP contribution in [-0.2, 0) is 19.3 Å². The molecule has 1 saturated heterocycles.